The van der Waals surface area contributed by atoms with Crippen LogP contribution in [-0.4, -0.2) is 46.6 Å². The van der Waals surface area contributed by atoms with Crippen LogP contribution in [0.5, 0.6) is 5.75 Å². The van der Waals surface area contributed by atoms with Crippen molar-refractivity contribution in [2.24, 2.45) is 0 Å². The number of carbonyl (C=O) groups excluding carboxylic acids is 1. The Labute approximate surface area is 109 Å². The smallest absolute Gasteiger partial charge is 0.310 e. The Balaban J connectivity index is 2.22. The van der Waals surface area contributed by atoms with Gasteiger partial charge in [0.05, 0.1) is 30.7 Å². The summed E-state index contributed by atoms with van der Waals surface area (Å²) in [6.45, 7) is 2.16. The number of hydrogen-bond donors (Lipinski definition) is 1. The zero-order chi connectivity index (χ0) is 14.2. The maximum Gasteiger partial charge on any atom is 0.310 e. The molecule has 0 unspecified atom stereocenters. The molecule has 7 nitrogen and oxygen atoms in total. The van der Waals surface area contributed by atoms with Gasteiger partial charge in [-0.1, -0.05) is 0 Å². The Bertz CT molecular complexity index is 533. The van der Waals surface area contributed by atoms with Crippen molar-refractivity contribution in [2.45, 2.75) is 12.5 Å². The Hall–Kier alpha value is -2.15. The van der Waals surface area contributed by atoms with E-state index in [1.807, 2.05) is 0 Å². The molecule has 0 atom stereocenters. The highest BCUT2D eigenvalue weighted by molar-refractivity contribution is 5.95. The highest BCUT2D eigenvalue weighted by Crippen LogP contribution is 2.29. The standard InChI is InChI=1S/C12H14N2O5/c1-12(16)6-13(7-12)11(15)8-3-4-9(14(17)18)10(5-8)19-2/h3-5,16H,6-7H2,1-2H3. The van der Waals surface area contributed by atoms with E-state index in [0.29, 0.717) is 5.56 Å². The van der Waals surface area contributed by atoms with E-state index in [0.717, 1.165) is 0 Å². The van der Waals surface area contributed by atoms with Crippen molar-refractivity contribution in [3.63, 3.8) is 0 Å². The number of aliphatic hydroxyl groups is 1. The molecule has 1 heterocycles. The van der Waals surface area contributed by atoms with E-state index >= 15 is 0 Å². The summed E-state index contributed by atoms with van der Waals surface area (Å²) in [6, 6.07) is 3.97. The molecule has 1 aromatic carbocycles. The molecule has 0 aromatic heterocycles. The number of hydrogen-bond acceptors (Lipinski definition) is 5. The van der Waals surface area contributed by atoms with E-state index in [4.69, 9.17) is 4.74 Å². The highest BCUT2D eigenvalue weighted by Gasteiger charge is 2.39. The molecule has 102 valence electrons. The first-order chi connectivity index (χ1) is 8.84. The van der Waals surface area contributed by atoms with Gasteiger partial charge in [0.1, 0.15) is 0 Å². The third kappa shape index (κ3) is 2.50. The van der Waals surface area contributed by atoms with Crippen molar-refractivity contribution in [2.75, 3.05) is 20.2 Å². The average molecular weight is 266 g/mol. The minimum absolute atomic E-state index is 0.0446. The van der Waals surface area contributed by atoms with Gasteiger partial charge in [0.15, 0.2) is 5.75 Å². The summed E-state index contributed by atoms with van der Waals surface area (Å²) in [5, 5.41) is 20.3. The number of methoxy groups -OCH3 is 1. The number of likely N-dealkylation sites (tertiary alicyclic amines) is 1. The van der Waals surface area contributed by atoms with E-state index in [-0.39, 0.29) is 30.4 Å². The largest absolute Gasteiger partial charge is 0.490 e. The van der Waals surface area contributed by atoms with Crippen LogP contribution in [0.2, 0.25) is 0 Å². The number of carbonyl (C=O) groups is 1. The summed E-state index contributed by atoms with van der Waals surface area (Å²) >= 11 is 0. The number of benzene rings is 1. The van der Waals surface area contributed by atoms with E-state index < -0.39 is 10.5 Å². The number of ether oxygens (including phenoxy) is 1. The van der Waals surface area contributed by atoms with Gasteiger partial charge in [-0.15, -0.1) is 0 Å². The first kappa shape index (κ1) is 13.3. The highest BCUT2D eigenvalue weighted by atomic mass is 16.6. The number of nitrogens with zero attached hydrogens (tertiary/aromatic N) is 2. The van der Waals surface area contributed by atoms with Crippen LogP contribution in [-0.2, 0) is 0 Å². The van der Waals surface area contributed by atoms with Crippen LogP contribution in [0.3, 0.4) is 0 Å². The van der Waals surface area contributed by atoms with Crippen LogP contribution < -0.4 is 4.74 Å². The van der Waals surface area contributed by atoms with Crippen LogP contribution in [0, 0.1) is 10.1 Å². The van der Waals surface area contributed by atoms with Gasteiger partial charge in [-0.05, 0) is 13.0 Å². The SMILES string of the molecule is COc1cc(C(=O)N2CC(C)(O)C2)ccc1[N+](=O)[O-]. The van der Waals surface area contributed by atoms with Crippen LogP contribution in [0.4, 0.5) is 5.69 Å². The van der Waals surface area contributed by atoms with Crippen LogP contribution in [0.15, 0.2) is 18.2 Å². The van der Waals surface area contributed by atoms with Crippen molar-refractivity contribution in [3.05, 3.63) is 33.9 Å². The Kier molecular flexibility index (Phi) is 3.15. The average Bonchev–Trinajstić information content (AvgIpc) is 2.33. The van der Waals surface area contributed by atoms with Gasteiger partial charge in [0.25, 0.3) is 5.91 Å². The normalized spacial score (nSPS) is 16.7. The molecule has 1 amide bonds. The molecule has 0 saturated carbocycles. The number of β-amino-alcohol motifs (C(OH)–C–C–N with tert-alkyl or cyclic N) is 1. The van der Waals surface area contributed by atoms with Gasteiger partial charge in [0, 0.05) is 17.7 Å². The first-order valence-electron chi connectivity index (χ1n) is 5.68. The second-order valence-corrected chi connectivity index (χ2v) is 4.80. The molecule has 1 saturated heterocycles. The second-order valence-electron chi connectivity index (χ2n) is 4.80. The van der Waals surface area contributed by atoms with Gasteiger partial charge >= 0.3 is 5.69 Å². The third-order valence-corrected chi connectivity index (χ3v) is 2.97. The first-order valence-corrected chi connectivity index (χ1v) is 5.68. The lowest BCUT2D eigenvalue weighted by Gasteiger charge is -2.44. The molecule has 0 aliphatic carbocycles. The lowest BCUT2D eigenvalue weighted by molar-refractivity contribution is -0.385. The van der Waals surface area contributed by atoms with Crippen molar-refractivity contribution >= 4 is 11.6 Å². The van der Waals surface area contributed by atoms with Gasteiger partial charge < -0.3 is 14.7 Å². The van der Waals surface area contributed by atoms with Crippen molar-refractivity contribution in [1.82, 2.24) is 4.90 Å². The molecular weight excluding hydrogens is 252 g/mol. The molecule has 1 N–H and O–H groups in total. The van der Waals surface area contributed by atoms with Crippen molar-refractivity contribution in [3.8, 4) is 5.75 Å². The zero-order valence-electron chi connectivity index (χ0n) is 10.6. The van der Waals surface area contributed by atoms with Crippen molar-refractivity contribution < 1.29 is 19.6 Å². The molecule has 19 heavy (non-hydrogen) atoms. The Morgan fingerprint density at radius 1 is 1.53 bits per heavy atom. The number of nitro benzene ring substituents is 1. The van der Waals surface area contributed by atoms with Crippen LogP contribution in [0.1, 0.15) is 17.3 Å². The molecule has 0 spiro atoms. The lowest BCUT2D eigenvalue weighted by Crippen LogP contribution is -2.61. The summed E-state index contributed by atoms with van der Waals surface area (Å²) < 4.78 is 4.91. The van der Waals surface area contributed by atoms with E-state index in [9.17, 15) is 20.0 Å². The van der Waals surface area contributed by atoms with Gasteiger partial charge in [-0.2, -0.15) is 0 Å². The molecule has 1 fully saturated rings. The van der Waals surface area contributed by atoms with Crippen LogP contribution >= 0.6 is 0 Å². The molecule has 0 radical (unpaired) electrons. The zero-order valence-corrected chi connectivity index (χ0v) is 10.6. The number of rotatable bonds is 3. The number of nitro groups is 1. The fourth-order valence-corrected chi connectivity index (χ4v) is 2.06. The molecule has 0 bridgehead atoms. The van der Waals surface area contributed by atoms with Gasteiger partial charge in [0.2, 0.25) is 0 Å². The maximum atomic E-state index is 12.1. The second kappa shape index (κ2) is 4.51. The van der Waals surface area contributed by atoms with E-state index in [2.05, 4.69) is 0 Å². The topological polar surface area (TPSA) is 92.9 Å². The molecule has 7 heteroatoms. The summed E-state index contributed by atoms with van der Waals surface area (Å²) in [5.41, 5.74) is -0.729. The molecule has 2 rings (SSSR count). The fourth-order valence-electron chi connectivity index (χ4n) is 2.06. The summed E-state index contributed by atoms with van der Waals surface area (Å²) in [4.78, 5) is 23.7. The van der Waals surface area contributed by atoms with Crippen molar-refractivity contribution in [1.29, 1.82) is 0 Å². The lowest BCUT2D eigenvalue weighted by atomic mass is 9.96. The predicted molar refractivity (Wildman–Crippen MR) is 66.2 cm³/mol. The quantitative estimate of drug-likeness (QED) is 0.645. The van der Waals surface area contributed by atoms with Gasteiger partial charge in [-0.25, -0.2) is 0 Å². The summed E-state index contributed by atoms with van der Waals surface area (Å²) in [7, 11) is 1.31. The minimum atomic E-state index is -0.847. The Morgan fingerprint density at radius 3 is 2.63 bits per heavy atom. The number of amides is 1. The molecular formula is C12H14N2O5. The van der Waals surface area contributed by atoms with Gasteiger partial charge in [-0.3, -0.25) is 14.9 Å². The minimum Gasteiger partial charge on any atom is -0.490 e. The molecule has 1 aliphatic rings. The third-order valence-electron chi connectivity index (χ3n) is 2.97. The summed E-state index contributed by atoms with van der Waals surface area (Å²) in [5.74, 6) is -0.233. The summed E-state index contributed by atoms with van der Waals surface area (Å²) in [6.07, 6.45) is 0. The van der Waals surface area contributed by atoms with Crippen LogP contribution in [0.25, 0.3) is 0 Å². The Morgan fingerprint density at radius 2 is 2.16 bits per heavy atom. The fraction of sp³-hybridized carbons (Fsp3) is 0.417. The molecule has 1 aliphatic heterocycles. The monoisotopic (exact) mass is 266 g/mol. The van der Waals surface area contributed by atoms with E-state index in [1.165, 1.54) is 30.2 Å². The maximum absolute atomic E-state index is 12.1. The predicted octanol–water partition coefficient (Wildman–Crippen LogP) is 0.810. The molecule has 1 aromatic rings. The van der Waals surface area contributed by atoms with E-state index in [1.54, 1.807) is 6.92 Å².